The average molecular weight is 268 g/mol. The summed E-state index contributed by atoms with van der Waals surface area (Å²) in [6, 6.07) is 14.1. The van der Waals surface area contributed by atoms with E-state index in [1.807, 2.05) is 18.2 Å². The molecule has 2 aliphatic rings. The van der Waals surface area contributed by atoms with Crippen molar-refractivity contribution in [2.75, 3.05) is 0 Å². The van der Waals surface area contributed by atoms with Crippen molar-refractivity contribution in [3.05, 3.63) is 35.9 Å². The van der Waals surface area contributed by atoms with Crippen molar-refractivity contribution in [1.29, 1.82) is 5.26 Å². The first-order valence-electron chi connectivity index (χ1n) is 7.95. The van der Waals surface area contributed by atoms with E-state index >= 15 is 0 Å². The molecule has 2 heteroatoms. The maximum atomic E-state index is 9.58. The van der Waals surface area contributed by atoms with Crippen LogP contribution in [0.15, 0.2) is 30.3 Å². The summed E-state index contributed by atoms with van der Waals surface area (Å²) in [5.74, 6) is 0.858. The zero-order chi connectivity index (χ0) is 14.0. The van der Waals surface area contributed by atoms with Crippen LogP contribution in [0.5, 0.6) is 0 Å². The number of nitriles is 1. The Hall–Kier alpha value is -1.33. The molecule has 0 spiro atoms. The lowest BCUT2D eigenvalue weighted by Gasteiger charge is -2.45. The summed E-state index contributed by atoms with van der Waals surface area (Å²) in [5, 5.41) is 13.4. The summed E-state index contributed by atoms with van der Waals surface area (Å²) in [7, 11) is 0. The molecule has 0 aliphatic heterocycles. The van der Waals surface area contributed by atoms with Gasteiger partial charge in [-0.05, 0) is 37.2 Å². The minimum Gasteiger partial charge on any atom is -0.311 e. The molecule has 2 unspecified atom stereocenters. The largest absolute Gasteiger partial charge is 0.311 e. The minimum atomic E-state index is -0.237. The van der Waals surface area contributed by atoms with Crippen LogP contribution in [-0.4, -0.2) is 12.1 Å². The van der Waals surface area contributed by atoms with Gasteiger partial charge < -0.3 is 5.32 Å². The van der Waals surface area contributed by atoms with Crippen LogP contribution < -0.4 is 5.32 Å². The highest BCUT2D eigenvalue weighted by atomic mass is 15.0. The van der Waals surface area contributed by atoms with E-state index < -0.39 is 0 Å². The number of benzene rings is 1. The van der Waals surface area contributed by atoms with E-state index in [4.69, 9.17) is 0 Å². The second-order valence-corrected chi connectivity index (χ2v) is 6.80. The normalized spacial score (nSPS) is 36.9. The fourth-order valence-electron chi connectivity index (χ4n) is 3.97. The Morgan fingerprint density at radius 1 is 1.15 bits per heavy atom. The fourth-order valence-corrected chi connectivity index (χ4v) is 3.97. The standard InChI is InChI=1S/C18H24N2/c1-14-6-5-9-16(10-14)20-17-11-18(12-17,13-19)15-7-3-2-4-8-15/h2-4,7-8,14,16-17,20H,5-6,9-12H2,1H3. The highest BCUT2D eigenvalue weighted by Crippen LogP contribution is 2.44. The highest BCUT2D eigenvalue weighted by Gasteiger charge is 2.46. The van der Waals surface area contributed by atoms with E-state index in [2.05, 4.69) is 30.4 Å². The predicted molar refractivity (Wildman–Crippen MR) is 81.3 cm³/mol. The molecule has 20 heavy (non-hydrogen) atoms. The summed E-state index contributed by atoms with van der Waals surface area (Å²) in [6.45, 7) is 2.36. The van der Waals surface area contributed by atoms with Crippen molar-refractivity contribution in [2.45, 2.75) is 62.9 Å². The van der Waals surface area contributed by atoms with Gasteiger partial charge in [-0.25, -0.2) is 0 Å². The SMILES string of the molecule is CC1CCCC(NC2CC(C#N)(c3ccccc3)C2)C1. The second-order valence-electron chi connectivity index (χ2n) is 6.80. The third kappa shape index (κ3) is 2.60. The van der Waals surface area contributed by atoms with Crippen molar-refractivity contribution in [3.8, 4) is 6.07 Å². The zero-order valence-electron chi connectivity index (χ0n) is 12.3. The summed E-state index contributed by atoms with van der Waals surface area (Å²) < 4.78 is 0. The van der Waals surface area contributed by atoms with Crippen LogP contribution in [-0.2, 0) is 5.41 Å². The smallest absolute Gasteiger partial charge is 0.0852 e. The molecule has 2 saturated carbocycles. The minimum absolute atomic E-state index is 0.237. The Bertz CT molecular complexity index is 482. The molecule has 0 saturated heterocycles. The van der Waals surface area contributed by atoms with Crippen molar-refractivity contribution in [1.82, 2.24) is 5.32 Å². The fraction of sp³-hybridized carbons (Fsp3) is 0.611. The van der Waals surface area contributed by atoms with Crippen LogP contribution in [0.25, 0.3) is 0 Å². The number of nitrogens with zero attached hydrogens (tertiary/aromatic N) is 1. The first-order valence-corrected chi connectivity index (χ1v) is 7.95. The van der Waals surface area contributed by atoms with Gasteiger partial charge >= 0.3 is 0 Å². The average Bonchev–Trinajstić information content (AvgIpc) is 2.43. The van der Waals surface area contributed by atoms with Gasteiger partial charge in [-0.15, -0.1) is 0 Å². The second kappa shape index (κ2) is 5.58. The summed E-state index contributed by atoms with van der Waals surface area (Å²) >= 11 is 0. The molecule has 1 N–H and O–H groups in total. The van der Waals surface area contributed by atoms with E-state index in [9.17, 15) is 5.26 Å². The number of nitrogens with one attached hydrogen (secondary N) is 1. The van der Waals surface area contributed by atoms with Gasteiger partial charge in [-0.1, -0.05) is 50.1 Å². The third-order valence-corrected chi connectivity index (χ3v) is 5.14. The van der Waals surface area contributed by atoms with Gasteiger partial charge in [-0.2, -0.15) is 5.26 Å². The molecule has 3 rings (SSSR count). The monoisotopic (exact) mass is 268 g/mol. The van der Waals surface area contributed by atoms with Crippen molar-refractivity contribution < 1.29 is 0 Å². The van der Waals surface area contributed by atoms with Crippen LogP contribution in [0.4, 0.5) is 0 Å². The molecule has 0 amide bonds. The maximum absolute atomic E-state index is 9.58. The molecule has 2 aliphatic carbocycles. The number of hydrogen-bond acceptors (Lipinski definition) is 2. The summed E-state index contributed by atoms with van der Waals surface area (Å²) in [6.07, 6.45) is 7.30. The summed E-state index contributed by atoms with van der Waals surface area (Å²) in [5.41, 5.74) is 0.955. The van der Waals surface area contributed by atoms with Crippen LogP contribution in [0.1, 0.15) is 51.0 Å². The lowest BCUT2D eigenvalue weighted by molar-refractivity contribution is 0.182. The van der Waals surface area contributed by atoms with E-state index in [-0.39, 0.29) is 5.41 Å². The quantitative estimate of drug-likeness (QED) is 0.905. The van der Waals surface area contributed by atoms with Gasteiger partial charge in [0.2, 0.25) is 0 Å². The lowest BCUT2D eigenvalue weighted by Crippen LogP contribution is -2.54. The van der Waals surface area contributed by atoms with Gasteiger partial charge in [0.25, 0.3) is 0 Å². The first kappa shape index (κ1) is 13.6. The van der Waals surface area contributed by atoms with Gasteiger partial charge in [0.15, 0.2) is 0 Å². The van der Waals surface area contributed by atoms with E-state index in [0.29, 0.717) is 12.1 Å². The molecule has 2 atom stereocenters. The molecule has 0 radical (unpaired) electrons. The molecule has 1 aromatic rings. The molecule has 0 bridgehead atoms. The van der Waals surface area contributed by atoms with Crippen LogP contribution in [0.2, 0.25) is 0 Å². The van der Waals surface area contributed by atoms with Gasteiger partial charge in [0, 0.05) is 12.1 Å². The van der Waals surface area contributed by atoms with Gasteiger partial charge in [-0.3, -0.25) is 0 Å². The van der Waals surface area contributed by atoms with E-state index in [1.54, 1.807) is 0 Å². The molecular formula is C18H24N2. The zero-order valence-corrected chi connectivity index (χ0v) is 12.3. The topological polar surface area (TPSA) is 35.8 Å². The van der Waals surface area contributed by atoms with Crippen molar-refractivity contribution >= 4 is 0 Å². The number of rotatable bonds is 3. The Morgan fingerprint density at radius 2 is 1.90 bits per heavy atom. The van der Waals surface area contributed by atoms with Crippen molar-refractivity contribution in [2.24, 2.45) is 5.92 Å². The van der Waals surface area contributed by atoms with Gasteiger partial charge in [0.1, 0.15) is 0 Å². The van der Waals surface area contributed by atoms with Crippen molar-refractivity contribution in [3.63, 3.8) is 0 Å². The molecular weight excluding hydrogens is 244 g/mol. The maximum Gasteiger partial charge on any atom is 0.0852 e. The van der Waals surface area contributed by atoms with Gasteiger partial charge in [0.05, 0.1) is 11.5 Å². The Morgan fingerprint density at radius 3 is 2.55 bits per heavy atom. The molecule has 2 nitrogen and oxygen atoms in total. The molecule has 1 aromatic carbocycles. The lowest BCUT2D eigenvalue weighted by atomic mass is 9.62. The van der Waals surface area contributed by atoms with E-state index in [1.165, 1.54) is 31.2 Å². The predicted octanol–water partition coefficient (Wildman–Crippen LogP) is 3.78. The molecule has 106 valence electrons. The molecule has 2 fully saturated rings. The van der Waals surface area contributed by atoms with Crippen LogP contribution >= 0.6 is 0 Å². The molecule has 0 heterocycles. The Labute approximate surface area is 122 Å². The highest BCUT2D eigenvalue weighted by molar-refractivity contribution is 5.36. The van der Waals surface area contributed by atoms with Crippen LogP contribution in [0.3, 0.4) is 0 Å². The van der Waals surface area contributed by atoms with Crippen LogP contribution in [0, 0.1) is 17.2 Å². The Kier molecular flexibility index (Phi) is 3.81. The number of hydrogen-bond donors (Lipinski definition) is 1. The molecule has 0 aromatic heterocycles. The third-order valence-electron chi connectivity index (χ3n) is 5.14. The first-order chi connectivity index (χ1) is 9.72. The Balaban J connectivity index is 1.58. The van der Waals surface area contributed by atoms with E-state index in [0.717, 1.165) is 18.8 Å². The summed E-state index contributed by atoms with van der Waals surface area (Å²) in [4.78, 5) is 0.